The molecule has 2 aromatic heterocycles. The minimum absolute atomic E-state index is 0.216. The van der Waals surface area contributed by atoms with Gasteiger partial charge in [0.15, 0.2) is 5.82 Å². The summed E-state index contributed by atoms with van der Waals surface area (Å²) in [5.41, 5.74) is 1.34. The molecular weight excluding hydrogens is 451 g/mol. The van der Waals surface area contributed by atoms with E-state index in [9.17, 15) is 4.57 Å². The molecule has 1 saturated heterocycles. The maximum absolute atomic E-state index is 12.7. The highest BCUT2D eigenvalue weighted by Crippen LogP contribution is 2.39. The number of methoxy groups -OCH3 is 1. The van der Waals surface area contributed by atoms with E-state index < -0.39 is 7.14 Å². The van der Waals surface area contributed by atoms with E-state index in [0.717, 1.165) is 18.1 Å². The summed E-state index contributed by atoms with van der Waals surface area (Å²) in [7, 11) is -0.888. The van der Waals surface area contributed by atoms with Crippen LogP contribution in [0, 0.1) is 0 Å². The highest BCUT2D eigenvalue weighted by molar-refractivity contribution is 7.70. The number of halogens is 1. The van der Waals surface area contributed by atoms with Gasteiger partial charge in [0.1, 0.15) is 17.9 Å². The van der Waals surface area contributed by atoms with Crippen LogP contribution in [-0.2, 0) is 9.30 Å². The second-order valence-corrected chi connectivity index (χ2v) is 11.5. The number of nitrogens with one attached hydrogen (secondary N) is 2. The van der Waals surface area contributed by atoms with E-state index >= 15 is 0 Å². The zero-order valence-electron chi connectivity index (χ0n) is 18.2. The van der Waals surface area contributed by atoms with Crippen molar-refractivity contribution in [1.82, 2.24) is 19.7 Å². The Morgan fingerprint density at radius 3 is 2.62 bits per heavy atom. The third-order valence-electron chi connectivity index (χ3n) is 5.21. The van der Waals surface area contributed by atoms with Crippen LogP contribution in [0.3, 0.4) is 0 Å². The van der Waals surface area contributed by atoms with Crippen molar-refractivity contribution in [2.24, 2.45) is 0 Å². The fourth-order valence-corrected chi connectivity index (χ4v) is 4.94. The molecule has 1 aromatic carbocycles. The number of rotatable bonds is 7. The molecule has 9 nitrogen and oxygen atoms in total. The Balaban J connectivity index is 1.59. The van der Waals surface area contributed by atoms with Crippen LogP contribution in [0.4, 0.5) is 23.1 Å². The summed E-state index contributed by atoms with van der Waals surface area (Å²) in [4.78, 5) is 8.80. The first-order chi connectivity index (χ1) is 15.4. The molecule has 0 saturated carbocycles. The van der Waals surface area contributed by atoms with E-state index in [1.807, 2.05) is 28.9 Å². The molecule has 1 fully saturated rings. The van der Waals surface area contributed by atoms with Crippen molar-refractivity contribution in [2.75, 3.05) is 44.3 Å². The van der Waals surface area contributed by atoms with Crippen LogP contribution < -0.4 is 20.7 Å². The topological polar surface area (TPSA) is 103 Å². The molecule has 0 bridgehead atoms. The smallest absolute Gasteiger partial charge is 0.236 e. The average Bonchev–Trinajstić information content (AvgIpc) is 3.19. The van der Waals surface area contributed by atoms with Gasteiger partial charge in [-0.05, 0) is 38.3 Å². The fraction of sp³-hybridized carbons (Fsp3) is 0.381. The Hall–Kier alpha value is -2.61. The molecule has 0 aliphatic carbocycles. The van der Waals surface area contributed by atoms with E-state index in [4.69, 9.17) is 21.1 Å². The lowest BCUT2D eigenvalue weighted by Gasteiger charge is -2.23. The number of hydrogen-bond donors (Lipinski definition) is 2. The van der Waals surface area contributed by atoms with Crippen LogP contribution in [0.2, 0.25) is 5.02 Å². The van der Waals surface area contributed by atoms with Gasteiger partial charge in [-0.25, -0.2) is 9.67 Å². The molecule has 3 aromatic rings. The molecule has 0 amide bonds. The number of ether oxygens (including phenoxy) is 2. The van der Waals surface area contributed by atoms with Crippen molar-refractivity contribution in [3.63, 3.8) is 0 Å². The Bertz CT molecular complexity index is 1140. The summed E-state index contributed by atoms with van der Waals surface area (Å²) in [6, 6.07) is 7.63. The van der Waals surface area contributed by atoms with Gasteiger partial charge < -0.3 is 24.7 Å². The minimum Gasteiger partial charge on any atom is -0.480 e. The molecule has 32 heavy (non-hydrogen) atoms. The van der Waals surface area contributed by atoms with Crippen LogP contribution >= 0.6 is 18.7 Å². The lowest BCUT2D eigenvalue weighted by molar-refractivity contribution is 0.0638. The largest absolute Gasteiger partial charge is 0.480 e. The Labute approximate surface area is 191 Å². The second-order valence-electron chi connectivity index (χ2n) is 7.86. The number of hydrogen-bond acceptors (Lipinski definition) is 8. The van der Waals surface area contributed by atoms with Crippen molar-refractivity contribution in [2.45, 2.75) is 18.9 Å². The lowest BCUT2D eigenvalue weighted by atomic mass is 10.1. The van der Waals surface area contributed by atoms with Crippen molar-refractivity contribution >= 4 is 47.2 Å². The number of aromatic nitrogens is 4. The molecule has 0 spiro atoms. The molecule has 0 atom stereocenters. The maximum Gasteiger partial charge on any atom is 0.236 e. The van der Waals surface area contributed by atoms with Gasteiger partial charge >= 0.3 is 0 Å². The van der Waals surface area contributed by atoms with Crippen molar-refractivity contribution in [3.8, 4) is 5.88 Å². The third-order valence-corrected chi connectivity index (χ3v) is 7.03. The summed E-state index contributed by atoms with van der Waals surface area (Å²) in [6.45, 7) is 4.86. The molecule has 2 N–H and O–H groups in total. The quantitative estimate of drug-likeness (QED) is 0.483. The fourth-order valence-electron chi connectivity index (χ4n) is 3.64. The number of para-hydroxylation sites is 1. The number of anilines is 4. The summed E-state index contributed by atoms with van der Waals surface area (Å²) in [6.07, 6.45) is 4.95. The third kappa shape index (κ3) is 4.90. The van der Waals surface area contributed by atoms with Gasteiger partial charge in [-0.15, -0.1) is 0 Å². The SMILES string of the molecule is COc1c(Nc2ncc(Cl)c(Nc3ccccc3P(C)(C)=O)n2)cnn1C1CCOCC1. The predicted octanol–water partition coefficient (Wildman–Crippen LogP) is 4.42. The summed E-state index contributed by atoms with van der Waals surface area (Å²) in [5.74, 6) is 1.34. The average molecular weight is 477 g/mol. The standard InChI is InChI=1S/C21H26ClN6O3P/c1-30-20-17(13-24-28(20)14-8-10-31-11-9-14)26-21-23-12-15(22)19(27-21)25-16-6-4-5-7-18(16)32(2,3)29/h4-7,12-14H,8-11H2,1-3H3,(H2,23,25,26,27). The molecule has 0 radical (unpaired) electrons. The molecule has 11 heteroatoms. The normalized spacial score (nSPS) is 14.9. The van der Waals surface area contributed by atoms with E-state index in [0.29, 0.717) is 47.3 Å². The first-order valence-corrected chi connectivity index (χ1v) is 13.2. The van der Waals surface area contributed by atoms with Gasteiger partial charge in [-0.3, -0.25) is 0 Å². The van der Waals surface area contributed by atoms with Gasteiger partial charge in [-0.2, -0.15) is 10.1 Å². The second kappa shape index (κ2) is 9.48. The van der Waals surface area contributed by atoms with E-state index in [1.54, 1.807) is 26.6 Å². The highest BCUT2D eigenvalue weighted by Gasteiger charge is 2.23. The number of nitrogens with zero attached hydrogens (tertiary/aromatic N) is 4. The molecule has 0 unspecified atom stereocenters. The van der Waals surface area contributed by atoms with Crippen LogP contribution in [-0.4, -0.2) is 53.4 Å². The molecule has 3 heterocycles. The minimum atomic E-state index is -2.50. The van der Waals surface area contributed by atoms with Crippen LogP contribution in [0.15, 0.2) is 36.7 Å². The van der Waals surface area contributed by atoms with Gasteiger partial charge in [-0.1, -0.05) is 23.7 Å². The summed E-state index contributed by atoms with van der Waals surface area (Å²) in [5, 5.41) is 11.9. The first-order valence-electron chi connectivity index (χ1n) is 10.3. The van der Waals surface area contributed by atoms with Gasteiger partial charge in [0.05, 0.1) is 31.2 Å². The summed E-state index contributed by atoms with van der Waals surface area (Å²) < 4.78 is 25.6. The maximum atomic E-state index is 12.7. The summed E-state index contributed by atoms with van der Waals surface area (Å²) >= 11 is 6.34. The molecule has 4 rings (SSSR count). The Morgan fingerprint density at radius 2 is 1.91 bits per heavy atom. The van der Waals surface area contributed by atoms with Gasteiger partial charge in [0.2, 0.25) is 11.8 Å². The van der Waals surface area contributed by atoms with Crippen molar-refractivity contribution in [1.29, 1.82) is 0 Å². The Morgan fingerprint density at radius 1 is 1.16 bits per heavy atom. The molecule has 170 valence electrons. The van der Waals surface area contributed by atoms with Crippen molar-refractivity contribution in [3.05, 3.63) is 41.7 Å². The lowest BCUT2D eigenvalue weighted by Crippen LogP contribution is -2.21. The van der Waals surface area contributed by atoms with E-state index in [2.05, 4.69) is 25.7 Å². The van der Waals surface area contributed by atoms with Crippen molar-refractivity contribution < 1.29 is 14.0 Å². The molecule has 1 aliphatic heterocycles. The van der Waals surface area contributed by atoms with Gasteiger partial charge in [0.25, 0.3) is 0 Å². The first kappa shape index (κ1) is 22.6. The van der Waals surface area contributed by atoms with Crippen LogP contribution in [0.25, 0.3) is 0 Å². The molecular formula is C21H26ClN6O3P. The van der Waals surface area contributed by atoms with Crippen LogP contribution in [0.5, 0.6) is 5.88 Å². The highest BCUT2D eigenvalue weighted by atomic mass is 35.5. The van der Waals surface area contributed by atoms with Gasteiger partial charge in [0, 0.05) is 18.5 Å². The monoisotopic (exact) mass is 476 g/mol. The van der Waals surface area contributed by atoms with Crippen LogP contribution in [0.1, 0.15) is 18.9 Å². The molecule has 1 aliphatic rings. The predicted molar refractivity (Wildman–Crippen MR) is 127 cm³/mol. The Kier molecular flexibility index (Phi) is 6.69. The van der Waals surface area contributed by atoms with E-state index in [-0.39, 0.29) is 6.04 Å². The number of benzene rings is 1. The van der Waals surface area contributed by atoms with E-state index in [1.165, 1.54) is 6.20 Å². The zero-order chi connectivity index (χ0) is 22.7. The zero-order valence-corrected chi connectivity index (χ0v) is 19.9.